The molecule has 15 heavy (non-hydrogen) atoms. The van der Waals surface area contributed by atoms with Gasteiger partial charge in [-0.15, -0.1) is 12.4 Å². The van der Waals surface area contributed by atoms with Crippen LogP contribution in [0.5, 0.6) is 0 Å². The lowest BCUT2D eigenvalue weighted by Gasteiger charge is -2.36. The van der Waals surface area contributed by atoms with Crippen molar-refractivity contribution >= 4 is 12.4 Å². The van der Waals surface area contributed by atoms with Crippen LogP contribution in [0.1, 0.15) is 26.7 Å². The minimum atomic E-state index is -0.821. The zero-order valence-corrected chi connectivity index (χ0v) is 10.4. The van der Waals surface area contributed by atoms with Crippen LogP contribution in [0.3, 0.4) is 0 Å². The first-order chi connectivity index (χ1) is 6.59. The van der Waals surface area contributed by atoms with Crippen molar-refractivity contribution in [2.75, 3.05) is 26.2 Å². The molecule has 0 radical (unpaired) electrons. The second-order valence-corrected chi connectivity index (χ2v) is 5.19. The van der Waals surface area contributed by atoms with Crippen molar-refractivity contribution in [3.8, 4) is 0 Å². The van der Waals surface area contributed by atoms with E-state index in [0.717, 1.165) is 32.5 Å². The highest BCUT2D eigenvalue weighted by atomic mass is 35.5. The summed E-state index contributed by atoms with van der Waals surface area (Å²) in [6.07, 6.45) is 1.56. The average Bonchev–Trinajstić information content (AvgIpc) is 2.83. The maximum atomic E-state index is 13.6. The Bertz CT molecular complexity index is 207. The molecule has 0 unspecified atom stereocenters. The molecule has 2 aliphatic rings. The molecular weight excluding hydrogens is 215 g/mol. The van der Waals surface area contributed by atoms with E-state index in [4.69, 9.17) is 0 Å². The first kappa shape index (κ1) is 13.2. The lowest BCUT2D eigenvalue weighted by Crippen LogP contribution is -2.54. The molecule has 0 amide bonds. The van der Waals surface area contributed by atoms with E-state index in [1.807, 2.05) is 0 Å². The highest BCUT2D eigenvalue weighted by Gasteiger charge is 2.44. The van der Waals surface area contributed by atoms with Crippen molar-refractivity contribution in [3.63, 3.8) is 0 Å². The summed E-state index contributed by atoms with van der Waals surface area (Å²) in [5.41, 5.74) is -0.821. The summed E-state index contributed by atoms with van der Waals surface area (Å²) >= 11 is 0. The minimum Gasteiger partial charge on any atom is -0.311 e. The quantitative estimate of drug-likeness (QED) is 0.805. The van der Waals surface area contributed by atoms with Crippen molar-refractivity contribution in [2.45, 2.75) is 38.4 Å². The van der Waals surface area contributed by atoms with E-state index in [2.05, 4.69) is 24.1 Å². The van der Waals surface area contributed by atoms with Gasteiger partial charge in [-0.05, 0) is 18.8 Å². The second kappa shape index (κ2) is 4.98. The summed E-state index contributed by atoms with van der Waals surface area (Å²) in [4.78, 5) is 2.29. The van der Waals surface area contributed by atoms with Gasteiger partial charge in [0.05, 0.1) is 0 Å². The number of nitrogens with zero attached hydrogens (tertiary/aromatic N) is 1. The molecule has 1 saturated heterocycles. The fourth-order valence-corrected chi connectivity index (χ4v) is 2.13. The summed E-state index contributed by atoms with van der Waals surface area (Å²) in [7, 11) is 0. The summed E-state index contributed by atoms with van der Waals surface area (Å²) in [5.74, 6) is 0.646. The van der Waals surface area contributed by atoms with E-state index >= 15 is 0 Å². The predicted octanol–water partition coefficient (Wildman–Crippen LogP) is 1.84. The number of nitrogens with one attached hydrogen (secondary N) is 1. The van der Waals surface area contributed by atoms with Crippen molar-refractivity contribution < 1.29 is 4.39 Å². The number of alkyl halides is 1. The monoisotopic (exact) mass is 236 g/mol. The third kappa shape index (κ3) is 3.58. The Morgan fingerprint density at radius 3 is 2.67 bits per heavy atom. The maximum Gasteiger partial charge on any atom is 0.123 e. The normalized spacial score (nSPS) is 30.0. The molecule has 2 nitrogen and oxygen atoms in total. The summed E-state index contributed by atoms with van der Waals surface area (Å²) in [6.45, 7) is 8.15. The van der Waals surface area contributed by atoms with Gasteiger partial charge in [0.15, 0.2) is 0 Å². The second-order valence-electron chi connectivity index (χ2n) is 5.19. The van der Waals surface area contributed by atoms with E-state index in [0.29, 0.717) is 18.5 Å². The molecule has 0 aromatic rings. The van der Waals surface area contributed by atoms with E-state index in [-0.39, 0.29) is 12.4 Å². The van der Waals surface area contributed by atoms with Gasteiger partial charge in [0.2, 0.25) is 0 Å². The summed E-state index contributed by atoms with van der Waals surface area (Å²) in [5, 5.41) is 3.49. The largest absolute Gasteiger partial charge is 0.311 e. The maximum absolute atomic E-state index is 13.6. The lowest BCUT2D eigenvalue weighted by atomic mass is 10.0. The Kier molecular flexibility index (Phi) is 4.38. The Labute approximate surface area is 98.0 Å². The Balaban J connectivity index is 0.00000112. The van der Waals surface area contributed by atoms with E-state index in [9.17, 15) is 4.39 Å². The zero-order valence-electron chi connectivity index (χ0n) is 9.63. The molecule has 1 aliphatic heterocycles. The third-order valence-corrected chi connectivity index (χ3v) is 3.39. The smallest absolute Gasteiger partial charge is 0.123 e. The van der Waals surface area contributed by atoms with Gasteiger partial charge in [0.25, 0.3) is 0 Å². The first-order valence-electron chi connectivity index (χ1n) is 5.74. The van der Waals surface area contributed by atoms with Crippen LogP contribution in [0, 0.1) is 5.92 Å². The lowest BCUT2D eigenvalue weighted by molar-refractivity contribution is 0.126. The highest BCUT2D eigenvalue weighted by Crippen LogP contribution is 2.40. The third-order valence-electron chi connectivity index (χ3n) is 3.39. The van der Waals surface area contributed by atoms with E-state index in [1.54, 1.807) is 0 Å². The van der Waals surface area contributed by atoms with Crippen molar-refractivity contribution in [1.29, 1.82) is 0 Å². The molecule has 0 aromatic carbocycles. The van der Waals surface area contributed by atoms with Gasteiger partial charge in [0, 0.05) is 32.2 Å². The van der Waals surface area contributed by atoms with Gasteiger partial charge in [-0.3, -0.25) is 4.90 Å². The predicted molar refractivity (Wildman–Crippen MR) is 63.4 cm³/mol. The highest BCUT2D eigenvalue weighted by molar-refractivity contribution is 5.85. The molecule has 1 N–H and O–H groups in total. The topological polar surface area (TPSA) is 15.3 Å². The number of halogens is 2. The van der Waals surface area contributed by atoms with Crippen LogP contribution in [0.25, 0.3) is 0 Å². The number of hydrogen-bond acceptors (Lipinski definition) is 2. The Hall–Kier alpha value is 0.140. The Morgan fingerprint density at radius 2 is 2.13 bits per heavy atom. The SMILES string of the molecule is CC(C)[C@H]1CN(CC2(F)CC2)CCN1.Cl. The van der Waals surface area contributed by atoms with Gasteiger partial charge in [-0.25, -0.2) is 4.39 Å². The number of piperazine rings is 1. The van der Waals surface area contributed by atoms with Crippen LogP contribution in [0.2, 0.25) is 0 Å². The van der Waals surface area contributed by atoms with Crippen molar-refractivity contribution in [3.05, 3.63) is 0 Å². The molecule has 0 bridgehead atoms. The van der Waals surface area contributed by atoms with Gasteiger partial charge >= 0.3 is 0 Å². The molecule has 1 heterocycles. The zero-order chi connectivity index (χ0) is 10.2. The van der Waals surface area contributed by atoms with Crippen LogP contribution >= 0.6 is 12.4 Å². The molecule has 1 atom stereocenters. The van der Waals surface area contributed by atoms with Gasteiger partial charge in [-0.1, -0.05) is 13.8 Å². The van der Waals surface area contributed by atoms with Crippen LogP contribution in [0.15, 0.2) is 0 Å². The fourth-order valence-electron chi connectivity index (χ4n) is 2.13. The molecule has 1 saturated carbocycles. The minimum absolute atomic E-state index is 0. The number of hydrogen-bond donors (Lipinski definition) is 1. The van der Waals surface area contributed by atoms with E-state index in [1.165, 1.54) is 0 Å². The molecule has 2 rings (SSSR count). The molecule has 4 heteroatoms. The van der Waals surface area contributed by atoms with Gasteiger partial charge in [0.1, 0.15) is 5.67 Å². The van der Waals surface area contributed by atoms with Gasteiger partial charge in [-0.2, -0.15) is 0 Å². The Morgan fingerprint density at radius 1 is 1.47 bits per heavy atom. The molecule has 0 spiro atoms. The molecule has 1 aliphatic carbocycles. The van der Waals surface area contributed by atoms with E-state index < -0.39 is 5.67 Å². The van der Waals surface area contributed by atoms with Gasteiger partial charge < -0.3 is 5.32 Å². The number of rotatable bonds is 3. The average molecular weight is 237 g/mol. The molecular formula is C11H22ClFN2. The van der Waals surface area contributed by atoms with Crippen molar-refractivity contribution in [2.24, 2.45) is 5.92 Å². The molecule has 2 fully saturated rings. The van der Waals surface area contributed by atoms with Crippen molar-refractivity contribution in [1.82, 2.24) is 10.2 Å². The first-order valence-corrected chi connectivity index (χ1v) is 5.74. The van der Waals surface area contributed by atoms with Crippen LogP contribution in [0.4, 0.5) is 4.39 Å². The summed E-state index contributed by atoms with van der Waals surface area (Å²) < 4.78 is 13.6. The summed E-state index contributed by atoms with van der Waals surface area (Å²) in [6, 6.07) is 0.547. The van der Waals surface area contributed by atoms with Crippen LogP contribution in [-0.4, -0.2) is 42.8 Å². The fraction of sp³-hybridized carbons (Fsp3) is 1.00. The van der Waals surface area contributed by atoms with Crippen LogP contribution < -0.4 is 5.32 Å². The molecule has 0 aromatic heterocycles. The van der Waals surface area contributed by atoms with Crippen LogP contribution in [-0.2, 0) is 0 Å². The standard InChI is InChI=1S/C11H21FN2.ClH/c1-9(2)10-7-14(6-5-13-10)8-11(12)3-4-11;/h9-10,13H,3-8H2,1-2H3;1H/t10-;/m1./s1. The molecule has 90 valence electrons.